The van der Waals surface area contributed by atoms with Crippen molar-refractivity contribution in [1.82, 2.24) is 0 Å². The Hall–Kier alpha value is -1.59. The average molecular weight is 319 g/mol. The third-order valence-corrected chi connectivity index (χ3v) is 3.28. The van der Waals surface area contributed by atoms with Crippen molar-refractivity contribution in [3.05, 3.63) is 70.0 Å². The second-order valence-electron chi connectivity index (χ2n) is 4.58. The van der Waals surface area contributed by atoms with Crippen molar-refractivity contribution >= 4 is 11.6 Å². The van der Waals surface area contributed by atoms with E-state index >= 15 is 0 Å². The quantitative estimate of drug-likeness (QED) is 0.808. The Morgan fingerprint density at radius 1 is 1.05 bits per heavy atom. The molecule has 0 heterocycles. The first-order valence-corrected chi connectivity index (χ1v) is 6.44. The van der Waals surface area contributed by atoms with Gasteiger partial charge in [0.2, 0.25) is 0 Å². The Morgan fingerprint density at radius 3 is 2.24 bits per heavy atom. The summed E-state index contributed by atoms with van der Waals surface area (Å²) in [6.45, 7) is 0. The fourth-order valence-electron chi connectivity index (χ4n) is 1.92. The minimum Gasteiger partial charge on any atom is -0.388 e. The predicted molar refractivity (Wildman–Crippen MR) is 71.5 cm³/mol. The van der Waals surface area contributed by atoms with Gasteiger partial charge in [0.05, 0.1) is 11.7 Å². The minimum absolute atomic E-state index is 0.0717. The van der Waals surface area contributed by atoms with E-state index in [0.29, 0.717) is 5.02 Å². The lowest BCUT2D eigenvalue weighted by atomic mass is 10.00. The van der Waals surface area contributed by atoms with Gasteiger partial charge in [0.1, 0.15) is 5.82 Å². The van der Waals surface area contributed by atoms with Crippen molar-refractivity contribution in [1.29, 1.82) is 0 Å². The molecule has 2 rings (SSSR count). The van der Waals surface area contributed by atoms with Crippen LogP contribution in [0.2, 0.25) is 5.02 Å². The van der Waals surface area contributed by atoms with Crippen molar-refractivity contribution in [2.24, 2.45) is 0 Å². The number of benzene rings is 2. The van der Waals surface area contributed by atoms with Crippen molar-refractivity contribution < 1.29 is 22.7 Å². The maximum Gasteiger partial charge on any atom is 0.416 e. The molecular weight excluding hydrogens is 308 g/mol. The molecule has 0 radical (unpaired) electrons. The van der Waals surface area contributed by atoms with Gasteiger partial charge in [-0.2, -0.15) is 13.2 Å². The first-order chi connectivity index (χ1) is 9.77. The molecule has 0 bridgehead atoms. The van der Waals surface area contributed by atoms with Crippen molar-refractivity contribution in [3.8, 4) is 0 Å². The van der Waals surface area contributed by atoms with E-state index in [1.807, 2.05) is 0 Å². The van der Waals surface area contributed by atoms with Crippen LogP contribution >= 0.6 is 11.6 Å². The van der Waals surface area contributed by atoms with Crippen LogP contribution in [0.5, 0.6) is 0 Å². The average Bonchev–Trinajstić information content (AvgIpc) is 2.42. The van der Waals surface area contributed by atoms with E-state index in [-0.39, 0.29) is 17.5 Å². The number of halogens is 5. The molecule has 1 N–H and O–H groups in total. The molecule has 1 unspecified atom stereocenters. The van der Waals surface area contributed by atoms with Gasteiger partial charge in [0, 0.05) is 11.4 Å². The van der Waals surface area contributed by atoms with Gasteiger partial charge in [-0.25, -0.2) is 4.39 Å². The number of aliphatic hydroxyl groups is 1. The molecule has 0 spiro atoms. The highest BCUT2D eigenvalue weighted by Gasteiger charge is 2.30. The van der Waals surface area contributed by atoms with Gasteiger partial charge >= 0.3 is 6.18 Å². The summed E-state index contributed by atoms with van der Waals surface area (Å²) in [5.74, 6) is -0.523. The highest BCUT2D eigenvalue weighted by atomic mass is 35.5. The van der Waals surface area contributed by atoms with E-state index in [2.05, 4.69) is 0 Å². The standard InChI is InChI=1S/C15H11ClF4O/c16-12-5-6-13(17)10(7-12)8-14(21)9-1-3-11(4-2-9)15(18,19)20/h1-7,14,21H,8H2. The fraction of sp³-hybridized carbons (Fsp3) is 0.200. The summed E-state index contributed by atoms with van der Waals surface area (Å²) in [6, 6.07) is 8.05. The van der Waals surface area contributed by atoms with Gasteiger partial charge in [-0.15, -0.1) is 0 Å². The first kappa shape index (κ1) is 15.8. The van der Waals surface area contributed by atoms with Crippen LogP contribution in [0.15, 0.2) is 42.5 Å². The molecule has 0 saturated heterocycles. The number of hydrogen-bond acceptors (Lipinski definition) is 1. The highest BCUT2D eigenvalue weighted by Crippen LogP contribution is 2.30. The van der Waals surface area contributed by atoms with Crippen molar-refractivity contribution in [2.75, 3.05) is 0 Å². The molecule has 2 aromatic rings. The van der Waals surface area contributed by atoms with E-state index < -0.39 is 23.7 Å². The lowest BCUT2D eigenvalue weighted by Crippen LogP contribution is -2.07. The monoisotopic (exact) mass is 318 g/mol. The second-order valence-corrected chi connectivity index (χ2v) is 5.01. The van der Waals surface area contributed by atoms with E-state index in [9.17, 15) is 22.7 Å². The Labute approximate surface area is 123 Å². The zero-order chi connectivity index (χ0) is 15.6. The van der Waals surface area contributed by atoms with E-state index in [1.54, 1.807) is 0 Å². The first-order valence-electron chi connectivity index (χ1n) is 6.06. The van der Waals surface area contributed by atoms with Gasteiger partial charge in [0.15, 0.2) is 0 Å². The zero-order valence-electron chi connectivity index (χ0n) is 10.7. The summed E-state index contributed by atoms with van der Waals surface area (Å²) in [6.07, 6.45) is -5.61. The molecule has 2 aromatic carbocycles. The zero-order valence-corrected chi connectivity index (χ0v) is 11.4. The molecule has 0 aromatic heterocycles. The Bertz CT molecular complexity index is 623. The molecule has 21 heavy (non-hydrogen) atoms. The van der Waals surface area contributed by atoms with Crippen LogP contribution in [0.3, 0.4) is 0 Å². The van der Waals surface area contributed by atoms with Gasteiger partial charge in [0.25, 0.3) is 0 Å². The molecule has 112 valence electrons. The molecule has 0 aliphatic rings. The number of aliphatic hydroxyl groups excluding tert-OH is 1. The lowest BCUT2D eigenvalue weighted by Gasteiger charge is -2.13. The normalized spacial score (nSPS) is 13.2. The number of alkyl halides is 3. The minimum atomic E-state index is -4.43. The molecule has 1 atom stereocenters. The third kappa shape index (κ3) is 3.95. The van der Waals surface area contributed by atoms with E-state index in [1.165, 1.54) is 30.3 Å². The van der Waals surface area contributed by atoms with Crippen molar-refractivity contribution in [2.45, 2.75) is 18.7 Å². The van der Waals surface area contributed by atoms with E-state index in [4.69, 9.17) is 11.6 Å². The summed E-state index contributed by atoms with van der Waals surface area (Å²) in [4.78, 5) is 0. The van der Waals surface area contributed by atoms with Gasteiger partial charge in [-0.3, -0.25) is 0 Å². The largest absolute Gasteiger partial charge is 0.416 e. The Balaban J connectivity index is 2.17. The van der Waals surface area contributed by atoms with Crippen LogP contribution in [-0.4, -0.2) is 5.11 Å². The Morgan fingerprint density at radius 2 is 1.67 bits per heavy atom. The Kier molecular flexibility index (Phi) is 4.54. The van der Waals surface area contributed by atoms with Crippen LogP contribution in [-0.2, 0) is 12.6 Å². The van der Waals surface area contributed by atoms with E-state index in [0.717, 1.165) is 12.1 Å². The predicted octanol–water partition coefficient (Wildman–Crippen LogP) is 4.77. The molecule has 0 aliphatic heterocycles. The highest BCUT2D eigenvalue weighted by molar-refractivity contribution is 6.30. The summed E-state index contributed by atoms with van der Waals surface area (Å²) in [7, 11) is 0. The van der Waals surface area contributed by atoms with Crippen LogP contribution in [0, 0.1) is 5.82 Å². The van der Waals surface area contributed by atoms with Crippen LogP contribution in [0.1, 0.15) is 22.8 Å². The molecule has 1 nitrogen and oxygen atoms in total. The topological polar surface area (TPSA) is 20.2 Å². The van der Waals surface area contributed by atoms with Gasteiger partial charge in [-0.1, -0.05) is 23.7 Å². The maximum atomic E-state index is 13.5. The van der Waals surface area contributed by atoms with Crippen LogP contribution in [0.4, 0.5) is 17.6 Å². The summed E-state index contributed by atoms with van der Waals surface area (Å²) in [5, 5.41) is 10.3. The van der Waals surface area contributed by atoms with Gasteiger partial charge in [-0.05, 0) is 41.5 Å². The summed E-state index contributed by atoms with van der Waals surface area (Å²) < 4.78 is 50.9. The molecular formula is C15H11ClF4O. The summed E-state index contributed by atoms with van der Waals surface area (Å²) >= 11 is 5.74. The summed E-state index contributed by atoms with van der Waals surface area (Å²) in [5.41, 5.74) is -0.315. The second kappa shape index (κ2) is 6.03. The molecule has 0 aliphatic carbocycles. The third-order valence-electron chi connectivity index (χ3n) is 3.04. The van der Waals surface area contributed by atoms with Crippen molar-refractivity contribution in [3.63, 3.8) is 0 Å². The molecule has 0 amide bonds. The fourth-order valence-corrected chi connectivity index (χ4v) is 2.11. The maximum absolute atomic E-state index is 13.5. The SMILES string of the molecule is OC(Cc1cc(Cl)ccc1F)c1ccc(C(F)(F)F)cc1. The lowest BCUT2D eigenvalue weighted by molar-refractivity contribution is -0.137. The van der Waals surface area contributed by atoms with Gasteiger partial charge < -0.3 is 5.11 Å². The smallest absolute Gasteiger partial charge is 0.388 e. The number of rotatable bonds is 3. The number of hydrogen-bond donors (Lipinski definition) is 1. The molecule has 0 fully saturated rings. The molecule has 0 saturated carbocycles. The molecule has 6 heteroatoms. The van der Waals surface area contributed by atoms with Crippen LogP contribution in [0.25, 0.3) is 0 Å². The van der Waals surface area contributed by atoms with Crippen LogP contribution < -0.4 is 0 Å².